The minimum Gasteiger partial charge on any atom is -0.465 e. The van der Waals surface area contributed by atoms with E-state index in [4.69, 9.17) is 16.3 Å². The summed E-state index contributed by atoms with van der Waals surface area (Å²) in [6, 6.07) is 13.6. The molecule has 2 aromatic carbocycles. The second-order valence-corrected chi connectivity index (χ2v) is 7.43. The molecule has 4 aromatic rings. The lowest BCUT2D eigenvalue weighted by Crippen LogP contribution is -2.39. The molecule has 32 heavy (non-hydrogen) atoms. The molecule has 2 aromatic heterocycles. The Morgan fingerprint density at radius 3 is 2.56 bits per heavy atom. The van der Waals surface area contributed by atoms with Crippen LogP contribution in [0.3, 0.4) is 0 Å². The van der Waals surface area contributed by atoms with Crippen LogP contribution >= 0.6 is 11.6 Å². The molecule has 0 aliphatic heterocycles. The van der Waals surface area contributed by atoms with E-state index in [1.54, 1.807) is 53.1 Å². The van der Waals surface area contributed by atoms with Gasteiger partial charge in [0.05, 0.1) is 31.2 Å². The predicted molar refractivity (Wildman–Crippen MR) is 122 cm³/mol. The van der Waals surface area contributed by atoms with Crippen LogP contribution in [0, 0.1) is 0 Å². The Morgan fingerprint density at radius 1 is 1.16 bits per heavy atom. The molecule has 0 amide bonds. The van der Waals surface area contributed by atoms with Gasteiger partial charge in [-0.1, -0.05) is 35.9 Å². The van der Waals surface area contributed by atoms with E-state index in [0.717, 1.165) is 4.57 Å². The van der Waals surface area contributed by atoms with Crippen LogP contribution < -0.4 is 11.2 Å². The van der Waals surface area contributed by atoms with Crippen LogP contribution in [0.5, 0.6) is 0 Å². The Balaban J connectivity index is 1.97. The molecule has 162 valence electrons. The van der Waals surface area contributed by atoms with Gasteiger partial charge in [0.25, 0.3) is 5.56 Å². The van der Waals surface area contributed by atoms with Crippen molar-refractivity contribution in [3.05, 3.63) is 105 Å². The molecule has 0 fully saturated rings. The van der Waals surface area contributed by atoms with E-state index < -0.39 is 17.2 Å². The quantitative estimate of drug-likeness (QED) is 0.333. The number of carbonyl (C=O) groups excluding carboxylic acids is 1. The van der Waals surface area contributed by atoms with Crippen molar-refractivity contribution in [2.75, 3.05) is 7.11 Å². The number of ether oxygens (including phenoxy) is 1. The topological polar surface area (TPSA) is 88.1 Å². The first-order chi connectivity index (χ1) is 15.5. The number of aromatic nitrogens is 4. The van der Waals surface area contributed by atoms with E-state index in [9.17, 15) is 14.4 Å². The Bertz CT molecular complexity index is 1450. The molecule has 2 heterocycles. The first-order valence-electron chi connectivity index (χ1n) is 9.70. The van der Waals surface area contributed by atoms with Crippen LogP contribution in [0.15, 0.2) is 77.1 Å². The monoisotopic (exact) mass is 450 g/mol. The van der Waals surface area contributed by atoms with Gasteiger partial charge in [-0.15, -0.1) is 6.58 Å². The minimum absolute atomic E-state index is 0.0329. The fraction of sp³-hybridized carbons (Fsp3) is 0.130. The van der Waals surface area contributed by atoms with Gasteiger partial charge >= 0.3 is 11.7 Å². The van der Waals surface area contributed by atoms with Gasteiger partial charge in [-0.3, -0.25) is 9.36 Å². The fourth-order valence-corrected chi connectivity index (χ4v) is 3.69. The lowest BCUT2D eigenvalue weighted by atomic mass is 10.1. The van der Waals surface area contributed by atoms with Gasteiger partial charge in [-0.2, -0.15) is 0 Å². The lowest BCUT2D eigenvalue weighted by molar-refractivity contribution is 0.0599. The van der Waals surface area contributed by atoms with Crippen molar-refractivity contribution in [3.63, 3.8) is 0 Å². The molecule has 0 aliphatic rings. The number of fused-ring (bicyclic) bond motifs is 1. The molecule has 0 aliphatic carbocycles. The normalized spacial score (nSPS) is 10.9. The van der Waals surface area contributed by atoms with Crippen molar-refractivity contribution in [1.29, 1.82) is 0 Å². The van der Waals surface area contributed by atoms with E-state index in [0.29, 0.717) is 21.8 Å². The van der Waals surface area contributed by atoms with Crippen LogP contribution in [0.4, 0.5) is 0 Å². The molecular weight excluding hydrogens is 432 g/mol. The third-order valence-electron chi connectivity index (χ3n) is 5.06. The Morgan fingerprint density at radius 2 is 1.88 bits per heavy atom. The number of rotatable bonds is 6. The zero-order valence-corrected chi connectivity index (χ0v) is 18.0. The van der Waals surface area contributed by atoms with Gasteiger partial charge in [0.15, 0.2) is 11.2 Å². The van der Waals surface area contributed by atoms with Gasteiger partial charge in [0, 0.05) is 11.6 Å². The highest BCUT2D eigenvalue weighted by Gasteiger charge is 2.20. The molecule has 0 atom stereocenters. The van der Waals surface area contributed by atoms with Gasteiger partial charge in [-0.25, -0.2) is 19.1 Å². The molecular formula is C23H19ClN4O4. The van der Waals surface area contributed by atoms with Crippen molar-refractivity contribution in [1.82, 2.24) is 18.7 Å². The molecule has 0 saturated heterocycles. The number of hydrogen-bond donors (Lipinski definition) is 0. The number of allylic oxidation sites excluding steroid dienone is 1. The zero-order chi connectivity index (χ0) is 22.8. The van der Waals surface area contributed by atoms with Gasteiger partial charge in [0.2, 0.25) is 0 Å². The number of imidazole rings is 1. The number of nitrogens with zero attached hydrogens (tertiary/aromatic N) is 4. The van der Waals surface area contributed by atoms with E-state index in [1.165, 1.54) is 24.1 Å². The SMILES string of the molecule is C=CCn1c(=O)c2c(ncn2Cc2ccccc2C(=O)OC)n(-c2ccc(Cl)cc2)c1=O. The molecule has 0 saturated carbocycles. The second kappa shape index (κ2) is 8.68. The first kappa shape index (κ1) is 21.3. The van der Waals surface area contributed by atoms with E-state index in [1.807, 2.05) is 0 Å². The number of halogens is 1. The molecule has 0 bridgehead atoms. The molecule has 0 radical (unpaired) electrons. The molecule has 4 rings (SSSR count). The number of carbonyl (C=O) groups is 1. The average molecular weight is 451 g/mol. The minimum atomic E-state index is -0.537. The maximum absolute atomic E-state index is 13.3. The highest BCUT2D eigenvalue weighted by atomic mass is 35.5. The van der Waals surface area contributed by atoms with Crippen LogP contribution in [0.1, 0.15) is 15.9 Å². The molecule has 8 nitrogen and oxygen atoms in total. The highest BCUT2D eigenvalue weighted by molar-refractivity contribution is 6.30. The van der Waals surface area contributed by atoms with Crippen molar-refractivity contribution in [2.45, 2.75) is 13.1 Å². The molecule has 9 heteroatoms. The Hall–Kier alpha value is -3.91. The number of methoxy groups -OCH3 is 1. The number of hydrogen-bond acceptors (Lipinski definition) is 5. The van der Waals surface area contributed by atoms with E-state index in [2.05, 4.69) is 11.6 Å². The van der Waals surface area contributed by atoms with Crippen LogP contribution in [-0.4, -0.2) is 31.8 Å². The van der Waals surface area contributed by atoms with Crippen molar-refractivity contribution in [3.8, 4) is 5.69 Å². The summed E-state index contributed by atoms with van der Waals surface area (Å²) in [6.45, 7) is 3.87. The summed E-state index contributed by atoms with van der Waals surface area (Å²) >= 11 is 6.00. The third-order valence-corrected chi connectivity index (χ3v) is 5.31. The molecule has 0 spiro atoms. The van der Waals surface area contributed by atoms with Crippen LogP contribution in [0.2, 0.25) is 5.02 Å². The standard InChI is InChI=1S/C23H19ClN4O4/c1-3-12-27-21(29)19-20(28(23(27)31)17-10-8-16(24)9-11-17)25-14-26(19)13-15-6-4-5-7-18(15)22(30)32-2/h3-11,14H,1,12-13H2,2H3. The third kappa shape index (κ3) is 3.65. The maximum Gasteiger partial charge on any atom is 0.338 e. The van der Waals surface area contributed by atoms with Gasteiger partial charge in [0.1, 0.15) is 0 Å². The molecule has 0 N–H and O–H groups in total. The smallest absolute Gasteiger partial charge is 0.338 e. The second-order valence-electron chi connectivity index (χ2n) is 6.99. The van der Waals surface area contributed by atoms with Crippen LogP contribution in [-0.2, 0) is 17.8 Å². The summed E-state index contributed by atoms with van der Waals surface area (Å²) in [5.74, 6) is -0.479. The maximum atomic E-state index is 13.3. The Kier molecular flexibility index (Phi) is 5.79. The van der Waals surface area contributed by atoms with E-state index in [-0.39, 0.29) is 24.3 Å². The summed E-state index contributed by atoms with van der Waals surface area (Å²) in [7, 11) is 1.31. The number of esters is 1. The molecule has 0 unspecified atom stereocenters. The Labute approximate surface area is 187 Å². The highest BCUT2D eigenvalue weighted by Crippen LogP contribution is 2.18. The summed E-state index contributed by atoms with van der Waals surface area (Å²) in [5, 5.41) is 0.516. The predicted octanol–water partition coefficient (Wildman–Crippen LogP) is 3.02. The van der Waals surface area contributed by atoms with Crippen molar-refractivity contribution < 1.29 is 9.53 Å². The fourth-order valence-electron chi connectivity index (χ4n) is 3.56. The van der Waals surface area contributed by atoms with Gasteiger partial charge < -0.3 is 9.30 Å². The van der Waals surface area contributed by atoms with Gasteiger partial charge in [-0.05, 0) is 35.9 Å². The van der Waals surface area contributed by atoms with Crippen molar-refractivity contribution in [2.24, 2.45) is 0 Å². The summed E-state index contributed by atoms with van der Waals surface area (Å²) < 4.78 is 8.93. The number of benzene rings is 2. The van der Waals surface area contributed by atoms with Crippen molar-refractivity contribution >= 4 is 28.7 Å². The van der Waals surface area contributed by atoms with Crippen LogP contribution in [0.25, 0.3) is 16.9 Å². The summed E-state index contributed by atoms with van der Waals surface area (Å²) in [4.78, 5) is 42.9. The summed E-state index contributed by atoms with van der Waals surface area (Å²) in [6.07, 6.45) is 2.96. The lowest BCUT2D eigenvalue weighted by Gasteiger charge is -2.13. The van der Waals surface area contributed by atoms with E-state index >= 15 is 0 Å². The first-order valence-corrected chi connectivity index (χ1v) is 10.1. The summed E-state index contributed by atoms with van der Waals surface area (Å²) in [5.41, 5.74) is 0.946. The average Bonchev–Trinajstić information content (AvgIpc) is 3.21. The zero-order valence-electron chi connectivity index (χ0n) is 17.2. The largest absolute Gasteiger partial charge is 0.465 e.